The number of hydrogen-bond donors (Lipinski definition) is 1. The minimum absolute atomic E-state index is 0.501. The maximum absolute atomic E-state index is 5.79. The fraction of sp³-hybridized carbons (Fsp3) is 0.143. The van der Waals surface area contributed by atoms with Gasteiger partial charge in [0.25, 0.3) is 0 Å². The molecule has 0 saturated heterocycles. The average Bonchev–Trinajstić information content (AvgIpc) is 3.12. The molecule has 26 heavy (non-hydrogen) atoms. The first kappa shape index (κ1) is 16.4. The van der Waals surface area contributed by atoms with Gasteiger partial charge in [0.2, 0.25) is 0 Å². The topological polar surface area (TPSA) is 66.0 Å². The third kappa shape index (κ3) is 3.49. The monoisotopic (exact) mass is 344 g/mol. The van der Waals surface area contributed by atoms with Crippen LogP contribution in [0.5, 0.6) is 0 Å². The van der Waals surface area contributed by atoms with E-state index in [1.54, 1.807) is 6.20 Å². The molecule has 0 bridgehead atoms. The van der Waals surface area contributed by atoms with Crippen LogP contribution in [0.25, 0.3) is 16.7 Å². The number of hydrogen-bond acceptors (Lipinski definition) is 4. The van der Waals surface area contributed by atoms with Crippen molar-refractivity contribution < 1.29 is 4.74 Å². The van der Waals surface area contributed by atoms with Crippen LogP contribution in [-0.4, -0.2) is 14.5 Å². The van der Waals surface area contributed by atoms with E-state index in [9.17, 15) is 0 Å². The molecule has 0 fully saturated rings. The number of imidazole rings is 1. The molecule has 2 aromatic heterocycles. The van der Waals surface area contributed by atoms with Crippen molar-refractivity contribution in [2.75, 3.05) is 0 Å². The maximum atomic E-state index is 5.79. The SMILES string of the molecule is NCc1ccc2c(c1)ncn2-c1cccc(COCc2ccccn2)c1. The summed E-state index contributed by atoms with van der Waals surface area (Å²) in [5.74, 6) is 0. The van der Waals surface area contributed by atoms with Gasteiger partial charge in [0.1, 0.15) is 6.33 Å². The fourth-order valence-electron chi connectivity index (χ4n) is 2.94. The van der Waals surface area contributed by atoms with Gasteiger partial charge in [-0.15, -0.1) is 0 Å². The van der Waals surface area contributed by atoms with Crippen LogP contribution in [0.3, 0.4) is 0 Å². The molecule has 0 atom stereocenters. The summed E-state index contributed by atoms with van der Waals surface area (Å²) in [5, 5.41) is 0. The number of benzene rings is 2. The summed E-state index contributed by atoms with van der Waals surface area (Å²) in [6.45, 7) is 1.56. The number of aromatic nitrogens is 3. The molecule has 2 heterocycles. The first-order chi connectivity index (χ1) is 12.8. The van der Waals surface area contributed by atoms with Gasteiger partial charge in [-0.2, -0.15) is 0 Å². The van der Waals surface area contributed by atoms with E-state index in [1.165, 1.54) is 0 Å². The van der Waals surface area contributed by atoms with Gasteiger partial charge >= 0.3 is 0 Å². The molecule has 4 aromatic rings. The Labute approximate surface area is 152 Å². The second kappa shape index (κ2) is 7.47. The number of nitrogens with two attached hydrogens (primary N) is 1. The van der Waals surface area contributed by atoms with Crippen LogP contribution in [0.4, 0.5) is 0 Å². The first-order valence-electron chi connectivity index (χ1n) is 8.56. The zero-order valence-corrected chi connectivity index (χ0v) is 14.4. The molecule has 5 nitrogen and oxygen atoms in total. The highest BCUT2D eigenvalue weighted by Gasteiger charge is 2.06. The van der Waals surface area contributed by atoms with Crippen LogP contribution in [0.2, 0.25) is 0 Å². The minimum atomic E-state index is 0.501. The summed E-state index contributed by atoms with van der Waals surface area (Å²) in [7, 11) is 0. The highest BCUT2D eigenvalue weighted by atomic mass is 16.5. The van der Waals surface area contributed by atoms with E-state index in [2.05, 4.69) is 38.8 Å². The average molecular weight is 344 g/mol. The molecule has 0 saturated carbocycles. The maximum Gasteiger partial charge on any atom is 0.100 e. The van der Waals surface area contributed by atoms with Gasteiger partial charge in [-0.1, -0.05) is 24.3 Å². The van der Waals surface area contributed by atoms with Gasteiger partial charge in [0.05, 0.1) is 29.9 Å². The number of pyridine rings is 1. The minimum Gasteiger partial charge on any atom is -0.370 e. The van der Waals surface area contributed by atoms with Crippen LogP contribution in [-0.2, 0) is 24.5 Å². The molecule has 0 aliphatic carbocycles. The van der Waals surface area contributed by atoms with Crippen LogP contribution in [0, 0.1) is 0 Å². The summed E-state index contributed by atoms with van der Waals surface area (Å²) in [4.78, 5) is 8.77. The van der Waals surface area contributed by atoms with Crippen molar-refractivity contribution in [2.24, 2.45) is 5.73 Å². The second-order valence-corrected chi connectivity index (χ2v) is 6.13. The fourth-order valence-corrected chi connectivity index (χ4v) is 2.94. The Hall–Kier alpha value is -3.02. The molecule has 2 aromatic carbocycles. The summed E-state index contributed by atoms with van der Waals surface area (Å²) >= 11 is 0. The predicted molar refractivity (Wildman–Crippen MR) is 102 cm³/mol. The van der Waals surface area contributed by atoms with Gasteiger partial charge in [-0.3, -0.25) is 9.55 Å². The Bertz CT molecular complexity index is 1010. The largest absolute Gasteiger partial charge is 0.370 e. The second-order valence-electron chi connectivity index (χ2n) is 6.13. The molecule has 0 unspecified atom stereocenters. The lowest BCUT2D eigenvalue weighted by Crippen LogP contribution is -1.98. The molecule has 5 heteroatoms. The van der Waals surface area contributed by atoms with Crippen molar-refractivity contribution in [3.05, 3.63) is 90.0 Å². The third-order valence-corrected chi connectivity index (χ3v) is 4.28. The number of fused-ring (bicyclic) bond motifs is 1. The highest BCUT2D eigenvalue weighted by molar-refractivity contribution is 5.78. The first-order valence-corrected chi connectivity index (χ1v) is 8.56. The Balaban J connectivity index is 1.52. The smallest absolute Gasteiger partial charge is 0.100 e. The van der Waals surface area contributed by atoms with Crippen molar-refractivity contribution in [1.82, 2.24) is 14.5 Å². The third-order valence-electron chi connectivity index (χ3n) is 4.28. The standard InChI is InChI=1S/C21H20N4O/c22-12-16-7-8-21-20(11-16)24-15-25(21)19-6-3-4-17(10-19)13-26-14-18-5-1-2-9-23-18/h1-11,15H,12-14,22H2. The lowest BCUT2D eigenvalue weighted by Gasteiger charge is -2.08. The molecule has 0 aliphatic heterocycles. The molecule has 0 spiro atoms. The molecule has 4 rings (SSSR count). The Morgan fingerprint density at radius 3 is 2.69 bits per heavy atom. The van der Waals surface area contributed by atoms with E-state index in [-0.39, 0.29) is 0 Å². The number of rotatable bonds is 6. The molecule has 2 N–H and O–H groups in total. The Morgan fingerprint density at radius 2 is 1.85 bits per heavy atom. The molecule has 0 aliphatic rings. The van der Waals surface area contributed by atoms with Gasteiger partial charge in [0, 0.05) is 18.4 Å². The zero-order valence-electron chi connectivity index (χ0n) is 14.4. The predicted octanol–water partition coefficient (Wildman–Crippen LogP) is 3.60. The van der Waals surface area contributed by atoms with Gasteiger partial charge < -0.3 is 10.5 Å². The van der Waals surface area contributed by atoms with Crippen molar-refractivity contribution in [3.63, 3.8) is 0 Å². The van der Waals surface area contributed by atoms with Crippen LogP contribution >= 0.6 is 0 Å². The van der Waals surface area contributed by atoms with E-state index in [4.69, 9.17) is 10.5 Å². The van der Waals surface area contributed by atoms with E-state index >= 15 is 0 Å². The quantitative estimate of drug-likeness (QED) is 0.580. The highest BCUT2D eigenvalue weighted by Crippen LogP contribution is 2.20. The molecular weight excluding hydrogens is 324 g/mol. The van der Waals surface area contributed by atoms with Crippen molar-refractivity contribution in [2.45, 2.75) is 19.8 Å². The van der Waals surface area contributed by atoms with Crippen molar-refractivity contribution in [3.8, 4) is 5.69 Å². The number of nitrogens with zero attached hydrogens (tertiary/aromatic N) is 3. The number of ether oxygens (including phenoxy) is 1. The van der Waals surface area contributed by atoms with Crippen molar-refractivity contribution in [1.29, 1.82) is 0 Å². The van der Waals surface area contributed by atoms with E-state index < -0.39 is 0 Å². The van der Waals surface area contributed by atoms with Gasteiger partial charge in [-0.25, -0.2) is 4.98 Å². The summed E-state index contributed by atoms with van der Waals surface area (Å²) in [6, 6.07) is 20.3. The summed E-state index contributed by atoms with van der Waals surface area (Å²) in [5.41, 5.74) is 11.9. The summed E-state index contributed by atoms with van der Waals surface area (Å²) in [6.07, 6.45) is 3.62. The lowest BCUT2D eigenvalue weighted by molar-refractivity contribution is 0.104. The van der Waals surface area contributed by atoms with Crippen molar-refractivity contribution >= 4 is 11.0 Å². The normalized spacial score (nSPS) is 11.1. The van der Waals surface area contributed by atoms with Gasteiger partial charge in [-0.05, 0) is 47.5 Å². The van der Waals surface area contributed by atoms with Crippen LogP contribution in [0.1, 0.15) is 16.8 Å². The van der Waals surface area contributed by atoms with E-state index in [0.29, 0.717) is 19.8 Å². The molecular formula is C21H20N4O. The van der Waals surface area contributed by atoms with Gasteiger partial charge in [0.15, 0.2) is 0 Å². The van der Waals surface area contributed by atoms with E-state index in [0.717, 1.165) is 33.5 Å². The Kier molecular flexibility index (Phi) is 4.73. The van der Waals surface area contributed by atoms with Crippen LogP contribution in [0.15, 0.2) is 73.2 Å². The van der Waals surface area contributed by atoms with E-state index in [1.807, 2.05) is 42.7 Å². The molecule has 0 radical (unpaired) electrons. The molecule has 130 valence electrons. The zero-order chi connectivity index (χ0) is 17.8. The Morgan fingerprint density at radius 1 is 0.885 bits per heavy atom. The molecule has 0 amide bonds. The lowest BCUT2D eigenvalue weighted by atomic mass is 10.2. The van der Waals surface area contributed by atoms with Crippen LogP contribution < -0.4 is 5.73 Å². The summed E-state index contributed by atoms with van der Waals surface area (Å²) < 4.78 is 7.88.